The van der Waals surface area contributed by atoms with Crippen LogP contribution in [0.2, 0.25) is 0 Å². The number of piperazine rings is 1. The summed E-state index contributed by atoms with van der Waals surface area (Å²) in [7, 11) is 0. The smallest absolute Gasteiger partial charge is 0.253 e. The van der Waals surface area contributed by atoms with Crippen molar-refractivity contribution in [3.8, 4) is 0 Å². The van der Waals surface area contributed by atoms with Gasteiger partial charge in [-0.1, -0.05) is 24.3 Å². The van der Waals surface area contributed by atoms with Crippen LogP contribution in [0.5, 0.6) is 0 Å². The Balaban J connectivity index is 1.42. The predicted molar refractivity (Wildman–Crippen MR) is 88.2 cm³/mol. The zero-order valence-electron chi connectivity index (χ0n) is 13.1. The molecule has 0 spiro atoms. The number of anilines is 2. The highest BCUT2D eigenvalue weighted by molar-refractivity contribution is 6.28. The van der Waals surface area contributed by atoms with Crippen LogP contribution in [0, 0.1) is 5.82 Å². The number of imide groups is 1. The first-order chi connectivity index (χ1) is 12.1. The van der Waals surface area contributed by atoms with Gasteiger partial charge >= 0.3 is 0 Å². The summed E-state index contributed by atoms with van der Waals surface area (Å²) in [5.41, 5.74) is 0.870. The van der Waals surface area contributed by atoms with E-state index in [0.29, 0.717) is 5.69 Å². The van der Waals surface area contributed by atoms with Crippen LogP contribution in [0.1, 0.15) is 0 Å². The van der Waals surface area contributed by atoms with Gasteiger partial charge in [0.25, 0.3) is 11.8 Å². The number of nitrogens with zero attached hydrogens (tertiary/aromatic N) is 2. The van der Waals surface area contributed by atoms with Crippen molar-refractivity contribution in [2.75, 3.05) is 16.8 Å². The lowest BCUT2D eigenvalue weighted by molar-refractivity contribution is -0.124. The van der Waals surface area contributed by atoms with E-state index in [1.807, 2.05) is 6.07 Å². The lowest BCUT2D eigenvalue weighted by atomic mass is 10.3. The number of hydrogen-bond donors (Lipinski definition) is 1. The summed E-state index contributed by atoms with van der Waals surface area (Å²) in [5, 5.41) is 2.72. The maximum atomic E-state index is 13.3. The quantitative estimate of drug-likeness (QED) is 0.675. The number of rotatable bonds is 4. The zero-order valence-corrected chi connectivity index (χ0v) is 13.1. The van der Waals surface area contributed by atoms with Gasteiger partial charge in [0.1, 0.15) is 17.9 Å². The topological polar surface area (TPSA) is 69.5 Å². The van der Waals surface area contributed by atoms with Gasteiger partial charge in [0.15, 0.2) is 0 Å². The van der Waals surface area contributed by atoms with E-state index in [1.54, 1.807) is 29.2 Å². The van der Waals surface area contributed by atoms with Crippen molar-refractivity contribution >= 4 is 29.1 Å². The number of nitrogens with one attached hydrogen (secondary N) is 1. The molecule has 2 aliphatic heterocycles. The molecular weight excluding hydrogens is 325 g/mol. The van der Waals surface area contributed by atoms with Crippen LogP contribution in [-0.4, -0.2) is 41.2 Å². The van der Waals surface area contributed by atoms with Gasteiger partial charge in [-0.3, -0.25) is 19.3 Å². The van der Waals surface area contributed by atoms with E-state index in [0.717, 1.165) is 11.0 Å². The number of amides is 3. The SMILES string of the molecule is O=C(CN1C2C(=O)N(c3cccc(F)c3)C(=O)C21)Nc1ccccc1. The highest BCUT2D eigenvalue weighted by Crippen LogP contribution is 2.39. The molecular formula is C18H14FN3O3. The van der Waals surface area contributed by atoms with Crippen LogP contribution >= 0.6 is 0 Å². The summed E-state index contributed by atoms with van der Waals surface area (Å²) in [4.78, 5) is 39.5. The molecule has 2 fully saturated rings. The molecule has 2 aromatic carbocycles. The fourth-order valence-electron chi connectivity index (χ4n) is 3.16. The summed E-state index contributed by atoms with van der Waals surface area (Å²) in [6.45, 7) is -0.0430. The fourth-order valence-corrected chi connectivity index (χ4v) is 3.16. The fraction of sp³-hybridized carbons (Fsp3) is 0.167. The molecule has 2 heterocycles. The monoisotopic (exact) mass is 339 g/mol. The average molecular weight is 339 g/mol. The maximum Gasteiger partial charge on any atom is 0.253 e. The van der Waals surface area contributed by atoms with E-state index in [1.165, 1.54) is 18.2 Å². The number of para-hydroxylation sites is 1. The molecule has 0 radical (unpaired) electrons. The Hall–Kier alpha value is -3.06. The molecule has 3 amide bonds. The van der Waals surface area contributed by atoms with Gasteiger partial charge in [-0.2, -0.15) is 0 Å². The molecule has 1 N–H and O–H groups in total. The Labute approximate surface area is 142 Å². The van der Waals surface area contributed by atoms with Crippen LogP contribution < -0.4 is 10.2 Å². The lowest BCUT2D eigenvalue weighted by Crippen LogP contribution is -2.40. The number of carbonyl (C=O) groups excluding carboxylic acids is 3. The first-order valence-electron chi connectivity index (χ1n) is 7.80. The van der Waals surface area contributed by atoms with E-state index < -0.39 is 29.7 Å². The molecule has 4 rings (SSSR count). The molecule has 2 aromatic rings. The van der Waals surface area contributed by atoms with E-state index in [-0.39, 0.29) is 18.1 Å². The Morgan fingerprint density at radius 2 is 1.68 bits per heavy atom. The molecule has 126 valence electrons. The van der Waals surface area contributed by atoms with Crippen molar-refractivity contribution < 1.29 is 18.8 Å². The third-order valence-corrected chi connectivity index (χ3v) is 4.32. The number of benzene rings is 2. The molecule has 2 saturated heterocycles. The highest BCUT2D eigenvalue weighted by Gasteiger charge is 2.66. The molecule has 0 bridgehead atoms. The lowest BCUT2D eigenvalue weighted by Gasteiger charge is -2.19. The van der Waals surface area contributed by atoms with Gasteiger partial charge < -0.3 is 5.32 Å². The van der Waals surface area contributed by atoms with E-state index in [4.69, 9.17) is 0 Å². The zero-order chi connectivity index (χ0) is 17.6. The minimum Gasteiger partial charge on any atom is -0.325 e. The first-order valence-corrected chi connectivity index (χ1v) is 7.80. The van der Waals surface area contributed by atoms with Gasteiger partial charge in [-0.25, -0.2) is 9.29 Å². The van der Waals surface area contributed by atoms with Crippen molar-refractivity contribution in [3.05, 3.63) is 60.4 Å². The minimum atomic E-state index is -0.641. The van der Waals surface area contributed by atoms with Crippen molar-refractivity contribution in [1.82, 2.24) is 4.90 Å². The van der Waals surface area contributed by atoms with Gasteiger partial charge in [0.2, 0.25) is 5.91 Å². The van der Waals surface area contributed by atoms with Gasteiger partial charge in [-0.05, 0) is 30.3 Å². The number of carbonyl (C=O) groups is 3. The first kappa shape index (κ1) is 15.5. The summed E-state index contributed by atoms with van der Waals surface area (Å²) in [6, 6.07) is 13.0. The van der Waals surface area contributed by atoms with Crippen LogP contribution in [-0.2, 0) is 14.4 Å². The Morgan fingerprint density at radius 3 is 2.32 bits per heavy atom. The Morgan fingerprint density at radius 1 is 1.00 bits per heavy atom. The van der Waals surface area contributed by atoms with Crippen molar-refractivity contribution in [3.63, 3.8) is 0 Å². The molecule has 2 unspecified atom stereocenters. The molecule has 2 aliphatic rings. The molecule has 0 aliphatic carbocycles. The van der Waals surface area contributed by atoms with Gasteiger partial charge in [-0.15, -0.1) is 0 Å². The second-order valence-corrected chi connectivity index (χ2v) is 5.97. The largest absolute Gasteiger partial charge is 0.325 e. The summed E-state index contributed by atoms with van der Waals surface area (Å²) in [5.74, 6) is -1.66. The van der Waals surface area contributed by atoms with E-state index in [9.17, 15) is 18.8 Å². The standard InChI is InChI=1S/C18H14FN3O3/c19-11-5-4-8-13(9-11)22-17(24)15-16(18(22)25)21(15)10-14(23)20-12-6-2-1-3-7-12/h1-9,15-16H,10H2,(H,20,23). The van der Waals surface area contributed by atoms with Gasteiger partial charge in [0, 0.05) is 5.69 Å². The number of hydrogen-bond acceptors (Lipinski definition) is 4. The molecule has 7 heteroatoms. The van der Waals surface area contributed by atoms with E-state index >= 15 is 0 Å². The highest BCUT2D eigenvalue weighted by atomic mass is 19.1. The minimum absolute atomic E-state index is 0.0430. The van der Waals surface area contributed by atoms with E-state index in [2.05, 4.69) is 5.32 Å². The summed E-state index contributed by atoms with van der Waals surface area (Å²) in [6.07, 6.45) is 0. The van der Waals surface area contributed by atoms with Crippen molar-refractivity contribution in [2.24, 2.45) is 0 Å². The van der Waals surface area contributed by atoms with Crippen molar-refractivity contribution in [2.45, 2.75) is 12.1 Å². The van der Waals surface area contributed by atoms with Crippen LogP contribution in [0.25, 0.3) is 0 Å². The third-order valence-electron chi connectivity index (χ3n) is 4.32. The molecule has 2 atom stereocenters. The molecule has 25 heavy (non-hydrogen) atoms. The molecule has 0 aromatic heterocycles. The Kier molecular flexibility index (Phi) is 3.58. The Bertz CT molecular complexity index is 849. The van der Waals surface area contributed by atoms with Crippen LogP contribution in [0.4, 0.5) is 15.8 Å². The van der Waals surface area contributed by atoms with Crippen molar-refractivity contribution in [1.29, 1.82) is 0 Å². The molecule has 0 saturated carbocycles. The molecule has 6 nitrogen and oxygen atoms in total. The second-order valence-electron chi connectivity index (χ2n) is 5.97. The number of halogens is 1. The summed E-state index contributed by atoms with van der Waals surface area (Å²) < 4.78 is 13.3. The van der Waals surface area contributed by atoms with Crippen LogP contribution in [0.3, 0.4) is 0 Å². The normalized spacial score (nSPS) is 24.2. The number of fused-ring (bicyclic) bond motifs is 1. The maximum absolute atomic E-state index is 13.3. The van der Waals surface area contributed by atoms with Crippen LogP contribution in [0.15, 0.2) is 54.6 Å². The average Bonchev–Trinajstić information content (AvgIpc) is 3.21. The predicted octanol–water partition coefficient (Wildman–Crippen LogP) is 1.39. The third kappa shape index (κ3) is 2.68. The second kappa shape index (κ2) is 5.78. The summed E-state index contributed by atoms with van der Waals surface area (Å²) >= 11 is 0. The van der Waals surface area contributed by atoms with Gasteiger partial charge in [0.05, 0.1) is 12.2 Å².